The minimum atomic E-state index is -1.37. The number of aliphatic carboxylic acids is 1. The highest BCUT2D eigenvalue weighted by Gasteiger charge is 2.36. The Balaban J connectivity index is 2.37. The highest BCUT2D eigenvalue weighted by atomic mass is 16.4. The summed E-state index contributed by atoms with van der Waals surface area (Å²) >= 11 is 0. The maximum Gasteiger partial charge on any atom is 0.451 e. The molecule has 0 unspecified atom stereocenters. The van der Waals surface area contributed by atoms with Crippen molar-refractivity contribution in [2.24, 2.45) is 11.8 Å². The predicted octanol–water partition coefficient (Wildman–Crippen LogP) is -0.679. The molecule has 0 spiro atoms. The van der Waals surface area contributed by atoms with E-state index in [2.05, 4.69) is 0 Å². The van der Waals surface area contributed by atoms with Crippen LogP contribution >= 0.6 is 0 Å². The van der Waals surface area contributed by atoms with Crippen molar-refractivity contribution in [2.45, 2.75) is 31.7 Å². The average molecular weight is 202 g/mol. The topological polar surface area (TPSA) is 98.0 Å². The Labute approximate surface area is 82.5 Å². The smallest absolute Gasteiger partial charge is 0.451 e. The molecule has 5 nitrogen and oxygen atoms in total. The van der Waals surface area contributed by atoms with Gasteiger partial charge in [0, 0.05) is 0 Å². The van der Waals surface area contributed by atoms with E-state index in [1.54, 1.807) is 0 Å². The van der Waals surface area contributed by atoms with Crippen LogP contribution in [0.5, 0.6) is 0 Å². The zero-order chi connectivity index (χ0) is 10.7. The highest BCUT2D eigenvalue weighted by molar-refractivity contribution is 6.40. The monoisotopic (exact) mass is 202 g/mol. The summed E-state index contributed by atoms with van der Waals surface area (Å²) in [4.78, 5) is 10.6. The van der Waals surface area contributed by atoms with Crippen LogP contribution < -0.4 is 0 Å². The summed E-state index contributed by atoms with van der Waals surface area (Å²) in [7, 11) is -1.37. The maximum absolute atomic E-state index is 10.6. The third kappa shape index (κ3) is 2.97. The van der Waals surface area contributed by atoms with Crippen molar-refractivity contribution in [1.29, 1.82) is 0 Å². The molecule has 0 saturated heterocycles. The summed E-state index contributed by atoms with van der Waals surface area (Å²) in [5.41, 5.74) is 0. The second kappa shape index (κ2) is 4.77. The molecule has 1 aliphatic rings. The van der Waals surface area contributed by atoms with E-state index in [4.69, 9.17) is 15.2 Å². The second-order valence-electron chi connectivity index (χ2n) is 3.89. The van der Waals surface area contributed by atoms with Crippen molar-refractivity contribution < 1.29 is 25.1 Å². The molecule has 0 aromatic rings. The molecule has 14 heavy (non-hydrogen) atoms. The molecule has 0 bridgehead atoms. The van der Waals surface area contributed by atoms with Crippen LogP contribution in [0.4, 0.5) is 0 Å². The first-order valence-corrected chi connectivity index (χ1v) is 4.77. The molecule has 1 rings (SSSR count). The lowest BCUT2D eigenvalue weighted by molar-refractivity contribution is -0.141. The fraction of sp³-hybridized carbons (Fsp3) is 0.875. The van der Waals surface area contributed by atoms with Gasteiger partial charge in [-0.15, -0.1) is 0 Å². The van der Waals surface area contributed by atoms with Crippen molar-refractivity contribution in [3.63, 3.8) is 0 Å². The number of hydrogen-bond donors (Lipinski definition) is 4. The van der Waals surface area contributed by atoms with E-state index in [1.807, 2.05) is 0 Å². The summed E-state index contributed by atoms with van der Waals surface area (Å²) < 4.78 is 0. The Bertz CT molecular complexity index is 208. The van der Waals surface area contributed by atoms with Gasteiger partial charge in [0.15, 0.2) is 0 Å². The van der Waals surface area contributed by atoms with Gasteiger partial charge in [-0.1, -0.05) is 0 Å². The summed E-state index contributed by atoms with van der Waals surface area (Å²) in [6, 6.07) is 0. The summed E-state index contributed by atoms with van der Waals surface area (Å²) in [5, 5.41) is 35.5. The molecule has 3 atom stereocenters. The van der Waals surface area contributed by atoms with Crippen molar-refractivity contribution in [1.82, 2.24) is 0 Å². The zero-order valence-corrected chi connectivity index (χ0v) is 7.83. The quantitative estimate of drug-likeness (QED) is 0.453. The number of aliphatic hydroxyl groups is 1. The molecular weight excluding hydrogens is 187 g/mol. The number of carbonyl (C=O) groups is 1. The number of carboxylic acid groups (broad SMARTS) is 1. The van der Waals surface area contributed by atoms with Crippen LogP contribution in [-0.4, -0.2) is 39.5 Å². The maximum atomic E-state index is 10.6. The fourth-order valence-electron chi connectivity index (χ4n) is 1.98. The van der Waals surface area contributed by atoms with E-state index in [1.165, 1.54) is 0 Å². The van der Waals surface area contributed by atoms with E-state index in [0.29, 0.717) is 12.8 Å². The Morgan fingerprint density at radius 3 is 2.43 bits per heavy atom. The van der Waals surface area contributed by atoms with Crippen LogP contribution in [-0.2, 0) is 4.79 Å². The number of hydrogen-bond acceptors (Lipinski definition) is 4. The van der Waals surface area contributed by atoms with E-state index in [0.717, 1.165) is 0 Å². The molecule has 6 heteroatoms. The van der Waals surface area contributed by atoms with Crippen LogP contribution in [0, 0.1) is 11.8 Å². The summed E-state index contributed by atoms with van der Waals surface area (Å²) in [5.74, 6) is -1.47. The first-order chi connectivity index (χ1) is 6.50. The van der Waals surface area contributed by atoms with Gasteiger partial charge in [0.05, 0.1) is 12.0 Å². The molecule has 80 valence electrons. The van der Waals surface area contributed by atoms with Gasteiger partial charge in [-0.25, -0.2) is 0 Å². The van der Waals surface area contributed by atoms with Crippen molar-refractivity contribution >= 4 is 13.1 Å². The summed E-state index contributed by atoms with van der Waals surface area (Å²) in [6.45, 7) is 0. The lowest BCUT2D eigenvalue weighted by Gasteiger charge is -2.12. The fourth-order valence-corrected chi connectivity index (χ4v) is 1.98. The van der Waals surface area contributed by atoms with Gasteiger partial charge < -0.3 is 20.3 Å². The van der Waals surface area contributed by atoms with Crippen LogP contribution in [0.2, 0.25) is 6.32 Å². The molecule has 0 aliphatic heterocycles. The Morgan fingerprint density at radius 1 is 1.36 bits per heavy atom. The molecule has 1 fully saturated rings. The van der Waals surface area contributed by atoms with Crippen LogP contribution in [0.25, 0.3) is 0 Å². The molecule has 0 amide bonds. The predicted molar refractivity (Wildman–Crippen MR) is 49.5 cm³/mol. The molecule has 0 radical (unpaired) electrons. The molecular formula is C8H15BO5. The standard InChI is InChI=1S/C8H15BO5/c10-7-4-6(8(11)12)3-5(7)1-2-9(13)14/h5-7,10,13-14H,1-4H2,(H,11,12)/t5-,6-,7-/m0/s1. The molecule has 0 aromatic carbocycles. The van der Waals surface area contributed by atoms with E-state index < -0.39 is 25.1 Å². The molecule has 4 N–H and O–H groups in total. The molecule has 1 aliphatic carbocycles. The van der Waals surface area contributed by atoms with Gasteiger partial charge in [-0.2, -0.15) is 0 Å². The van der Waals surface area contributed by atoms with Gasteiger partial charge in [-0.3, -0.25) is 4.79 Å². The third-order valence-corrected chi connectivity index (χ3v) is 2.80. The second-order valence-corrected chi connectivity index (χ2v) is 3.89. The van der Waals surface area contributed by atoms with E-state index >= 15 is 0 Å². The van der Waals surface area contributed by atoms with Crippen LogP contribution in [0.15, 0.2) is 0 Å². The minimum absolute atomic E-state index is 0.113. The molecule has 0 heterocycles. The minimum Gasteiger partial charge on any atom is -0.481 e. The largest absolute Gasteiger partial charge is 0.481 e. The summed E-state index contributed by atoms with van der Waals surface area (Å²) in [6.07, 6.45) is 0.747. The first-order valence-electron chi connectivity index (χ1n) is 4.77. The van der Waals surface area contributed by atoms with Gasteiger partial charge in [0.1, 0.15) is 0 Å². The van der Waals surface area contributed by atoms with Gasteiger partial charge in [-0.05, 0) is 31.5 Å². The third-order valence-electron chi connectivity index (χ3n) is 2.80. The Hall–Kier alpha value is -0.585. The number of carboxylic acids is 1. The van der Waals surface area contributed by atoms with E-state index in [9.17, 15) is 9.90 Å². The van der Waals surface area contributed by atoms with Gasteiger partial charge in [0.25, 0.3) is 0 Å². The van der Waals surface area contributed by atoms with Gasteiger partial charge >= 0.3 is 13.1 Å². The van der Waals surface area contributed by atoms with Gasteiger partial charge in [0.2, 0.25) is 0 Å². The van der Waals surface area contributed by atoms with E-state index in [-0.39, 0.29) is 18.7 Å². The number of aliphatic hydroxyl groups excluding tert-OH is 1. The molecule has 1 saturated carbocycles. The van der Waals surface area contributed by atoms with Crippen molar-refractivity contribution in [3.8, 4) is 0 Å². The lowest BCUT2D eigenvalue weighted by atomic mass is 9.80. The van der Waals surface area contributed by atoms with Crippen molar-refractivity contribution in [2.75, 3.05) is 0 Å². The average Bonchev–Trinajstić information content (AvgIpc) is 2.43. The zero-order valence-electron chi connectivity index (χ0n) is 7.83. The Kier molecular flexibility index (Phi) is 3.91. The number of rotatable bonds is 4. The lowest BCUT2D eigenvalue weighted by Crippen LogP contribution is -2.17. The SMILES string of the molecule is O=C(O)[C@H]1C[C@H](CCB(O)O)[C@@H](O)C1. The van der Waals surface area contributed by atoms with Crippen molar-refractivity contribution in [3.05, 3.63) is 0 Å². The normalized spacial score (nSPS) is 31.8. The Morgan fingerprint density at radius 2 is 2.00 bits per heavy atom. The van der Waals surface area contributed by atoms with Crippen LogP contribution in [0.1, 0.15) is 19.3 Å². The highest BCUT2D eigenvalue weighted by Crippen LogP contribution is 2.34. The molecule has 0 aromatic heterocycles. The van der Waals surface area contributed by atoms with Crippen LogP contribution in [0.3, 0.4) is 0 Å². The first kappa shape index (κ1) is 11.5.